The molecule has 1 aliphatic rings. The van der Waals surface area contributed by atoms with Crippen LogP contribution in [-0.4, -0.2) is 25.1 Å². The zero-order valence-corrected chi connectivity index (χ0v) is 11.6. The van der Waals surface area contributed by atoms with E-state index < -0.39 is 0 Å². The fourth-order valence-corrected chi connectivity index (χ4v) is 2.00. The van der Waals surface area contributed by atoms with Crippen LogP contribution in [0.1, 0.15) is 24.8 Å². The number of nitrogens with zero attached hydrogens (tertiary/aromatic N) is 1. The summed E-state index contributed by atoms with van der Waals surface area (Å²) in [6.07, 6.45) is 4.76. The Bertz CT molecular complexity index is 399. The molecule has 0 aliphatic carbocycles. The predicted molar refractivity (Wildman–Crippen MR) is 77.1 cm³/mol. The van der Waals surface area contributed by atoms with Crippen molar-refractivity contribution in [2.75, 3.05) is 20.2 Å². The molecule has 3 heteroatoms. The van der Waals surface area contributed by atoms with E-state index in [4.69, 9.17) is 4.74 Å². The van der Waals surface area contributed by atoms with E-state index in [1.807, 2.05) is 12.1 Å². The molecule has 0 bridgehead atoms. The SMILES string of the molecule is COc1ccc(CC#CN2CCCCC2)cc1.Cl. The number of hydrogen-bond acceptors (Lipinski definition) is 2. The van der Waals surface area contributed by atoms with E-state index in [-0.39, 0.29) is 12.4 Å². The average molecular weight is 266 g/mol. The summed E-state index contributed by atoms with van der Waals surface area (Å²) in [7, 11) is 1.69. The molecule has 0 N–H and O–H groups in total. The normalized spacial score (nSPS) is 14.2. The Hall–Kier alpha value is -1.33. The van der Waals surface area contributed by atoms with Crippen molar-refractivity contribution in [3.63, 3.8) is 0 Å². The van der Waals surface area contributed by atoms with Gasteiger partial charge in [0, 0.05) is 25.6 Å². The van der Waals surface area contributed by atoms with Crippen LogP contribution in [0.25, 0.3) is 0 Å². The van der Waals surface area contributed by atoms with E-state index in [0.717, 1.165) is 25.3 Å². The van der Waals surface area contributed by atoms with Crippen molar-refractivity contribution >= 4 is 12.4 Å². The molecule has 0 saturated carbocycles. The molecule has 98 valence electrons. The van der Waals surface area contributed by atoms with Gasteiger partial charge in [-0.2, -0.15) is 0 Å². The number of hydrogen-bond donors (Lipinski definition) is 0. The summed E-state index contributed by atoms with van der Waals surface area (Å²) in [5.41, 5.74) is 1.25. The number of likely N-dealkylation sites (tertiary alicyclic amines) is 1. The lowest BCUT2D eigenvalue weighted by Gasteiger charge is -2.21. The summed E-state index contributed by atoms with van der Waals surface area (Å²) in [5.74, 6) is 4.14. The maximum Gasteiger partial charge on any atom is 0.118 e. The van der Waals surface area contributed by atoms with Gasteiger partial charge in [-0.15, -0.1) is 12.4 Å². The first-order valence-corrected chi connectivity index (χ1v) is 6.25. The van der Waals surface area contributed by atoms with Crippen LogP contribution < -0.4 is 4.74 Å². The first kappa shape index (κ1) is 14.7. The minimum absolute atomic E-state index is 0. The third kappa shape index (κ3) is 4.50. The van der Waals surface area contributed by atoms with Gasteiger partial charge in [0.1, 0.15) is 5.75 Å². The molecule has 0 amide bonds. The molecular formula is C15H20ClNO. The highest BCUT2D eigenvalue weighted by atomic mass is 35.5. The highest BCUT2D eigenvalue weighted by Crippen LogP contribution is 2.11. The maximum atomic E-state index is 5.12. The lowest BCUT2D eigenvalue weighted by atomic mass is 10.1. The van der Waals surface area contributed by atoms with Gasteiger partial charge in [-0.3, -0.25) is 0 Å². The highest BCUT2D eigenvalue weighted by Gasteiger charge is 2.04. The van der Waals surface area contributed by atoms with E-state index in [2.05, 4.69) is 29.0 Å². The number of piperidine rings is 1. The van der Waals surface area contributed by atoms with E-state index in [1.54, 1.807) is 7.11 Å². The van der Waals surface area contributed by atoms with Gasteiger partial charge in [0.15, 0.2) is 0 Å². The molecule has 2 rings (SSSR count). The number of halogens is 1. The first-order valence-electron chi connectivity index (χ1n) is 6.25. The van der Waals surface area contributed by atoms with Crippen molar-refractivity contribution in [2.24, 2.45) is 0 Å². The summed E-state index contributed by atoms with van der Waals surface area (Å²) in [5, 5.41) is 0. The Kier molecular flexibility index (Phi) is 6.46. The molecule has 0 spiro atoms. The molecular weight excluding hydrogens is 246 g/mol. The Morgan fingerprint density at radius 1 is 1.11 bits per heavy atom. The molecule has 1 aromatic rings. The van der Waals surface area contributed by atoms with Crippen LogP contribution in [0.3, 0.4) is 0 Å². The number of rotatable bonds is 2. The topological polar surface area (TPSA) is 12.5 Å². The summed E-state index contributed by atoms with van der Waals surface area (Å²) in [6.45, 7) is 2.27. The number of ether oxygens (including phenoxy) is 1. The third-order valence-corrected chi connectivity index (χ3v) is 3.04. The van der Waals surface area contributed by atoms with Crippen LogP contribution in [0.5, 0.6) is 5.75 Å². The summed E-state index contributed by atoms with van der Waals surface area (Å²) in [4.78, 5) is 2.24. The van der Waals surface area contributed by atoms with Crippen LogP contribution in [0.4, 0.5) is 0 Å². The molecule has 18 heavy (non-hydrogen) atoms. The second kappa shape index (κ2) is 7.89. The largest absolute Gasteiger partial charge is 0.497 e. The zero-order chi connectivity index (χ0) is 11.9. The molecule has 2 nitrogen and oxygen atoms in total. The second-order valence-corrected chi connectivity index (χ2v) is 4.36. The zero-order valence-electron chi connectivity index (χ0n) is 10.8. The van der Waals surface area contributed by atoms with E-state index in [1.165, 1.54) is 24.8 Å². The lowest BCUT2D eigenvalue weighted by molar-refractivity contribution is 0.326. The minimum atomic E-state index is 0. The molecule has 0 atom stereocenters. The van der Waals surface area contributed by atoms with Gasteiger partial charge in [0.05, 0.1) is 7.11 Å². The Balaban J connectivity index is 0.00000162. The van der Waals surface area contributed by atoms with Crippen molar-refractivity contribution in [1.82, 2.24) is 4.90 Å². The average Bonchev–Trinajstić information content (AvgIpc) is 2.41. The standard InChI is InChI=1S/C15H19NO.ClH/c1-17-15-9-7-14(8-10-15)6-5-13-16-11-3-2-4-12-16;/h7-10H,2-4,6,11-12H2,1H3;1H. The maximum absolute atomic E-state index is 5.12. The van der Waals surface area contributed by atoms with Crippen LogP contribution >= 0.6 is 12.4 Å². The fourth-order valence-electron chi connectivity index (χ4n) is 2.00. The summed E-state index contributed by atoms with van der Waals surface area (Å²) >= 11 is 0. The molecule has 0 unspecified atom stereocenters. The van der Waals surface area contributed by atoms with E-state index >= 15 is 0 Å². The van der Waals surface area contributed by atoms with Gasteiger partial charge in [-0.1, -0.05) is 18.1 Å². The van der Waals surface area contributed by atoms with E-state index in [0.29, 0.717) is 0 Å². The molecule has 1 saturated heterocycles. The molecule has 1 heterocycles. The first-order chi connectivity index (χ1) is 8.38. The van der Waals surface area contributed by atoms with Gasteiger partial charge < -0.3 is 9.64 Å². The van der Waals surface area contributed by atoms with Crippen molar-refractivity contribution in [3.05, 3.63) is 29.8 Å². The van der Waals surface area contributed by atoms with Crippen molar-refractivity contribution in [3.8, 4) is 17.7 Å². The molecule has 1 aromatic carbocycles. The predicted octanol–water partition coefficient (Wildman–Crippen LogP) is 3.11. The minimum Gasteiger partial charge on any atom is -0.497 e. The molecule has 0 aromatic heterocycles. The lowest BCUT2D eigenvalue weighted by Crippen LogP contribution is -2.24. The van der Waals surface area contributed by atoms with Crippen molar-refractivity contribution < 1.29 is 4.74 Å². The van der Waals surface area contributed by atoms with Crippen LogP contribution in [-0.2, 0) is 6.42 Å². The Morgan fingerprint density at radius 3 is 2.39 bits per heavy atom. The van der Waals surface area contributed by atoms with Gasteiger partial charge in [0.2, 0.25) is 0 Å². The summed E-state index contributed by atoms with van der Waals surface area (Å²) in [6, 6.07) is 11.4. The quantitative estimate of drug-likeness (QED) is 0.762. The molecule has 1 fully saturated rings. The number of benzene rings is 1. The van der Waals surface area contributed by atoms with E-state index in [9.17, 15) is 0 Å². The van der Waals surface area contributed by atoms with Gasteiger partial charge >= 0.3 is 0 Å². The summed E-state index contributed by atoms with van der Waals surface area (Å²) < 4.78 is 5.12. The van der Waals surface area contributed by atoms with Crippen LogP contribution in [0.2, 0.25) is 0 Å². The fraction of sp³-hybridized carbons (Fsp3) is 0.467. The van der Waals surface area contributed by atoms with Crippen LogP contribution in [0, 0.1) is 12.0 Å². The second-order valence-electron chi connectivity index (χ2n) is 4.36. The monoisotopic (exact) mass is 265 g/mol. The highest BCUT2D eigenvalue weighted by molar-refractivity contribution is 5.85. The van der Waals surface area contributed by atoms with Crippen molar-refractivity contribution in [2.45, 2.75) is 25.7 Å². The van der Waals surface area contributed by atoms with Gasteiger partial charge in [-0.05, 0) is 37.0 Å². The van der Waals surface area contributed by atoms with Gasteiger partial charge in [-0.25, -0.2) is 0 Å². The molecule has 1 aliphatic heterocycles. The van der Waals surface area contributed by atoms with Gasteiger partial charge in [0.25, 0.3) is 0 Å². The third-order valence-electron chi connectivity index (χ3n) is 3.04. The Morgan fingerprint density at radius 2 is 1.78 bits per heavy atom. The molecule has 0 radical (unpaired) electrons. The van der Waals surface area contributed by atoms with Crippen LogP contribution in [0.15, 0.2) is 24.3 Å². The smallest absolute Gasteiger partial charge is 0.118 e. The Labute approximate surface area is 116 Å². The van der Waals surface area contributed by atoms with Crippen molar-refractivity contribution in [1.29, 1.82) is 0 Å². The number of methoxy groups -OCH3 is 1.